The van der Waals surface area contributed by atoms with Crippen molar-refractivity contribution in [3.8, 4) is 0 Å². The number of hydrogen-bond donors (Lipinski definition) is 0. The summed E-state index contributed by atoms with van der Waals surface area (Å²) in [6, 6.07) is 6.51. The van der Waals surface area contributed by atoms with Crippen LogP contribution in [0.1, 0.15) is 32.8 Å². The Bertz CT molecular complexity index is 683. The van der Waals surface area contributed by atoms with E-state index >= 15 is 0 Å². The molecule has 8 nitrogen and oxygen atoms in total. The van der Waals surface area contributed by atoms with E-state index < -0.39 is 10.1 Å². The lowest BCUT2D eigenvalue weighted by molar-refractivity contribution is -0.0137. The normalized spacial score (nSPS) is 12.4. The Morgan fingerprint density at radius 3 is 1.41 bits per heavy atom. The van der Waals surface area contributed by atoms with E-state index in [1.807, 2.05) is 6.92 Å². The summed E-state index contributed by atoms with van der Waals surface area (Å²) >= 11 is 0. The summed E-state index contributed by atoms with van der Waals surface area (Å²) in [6.45, 7) is 13.2. The van der Waals surface area contributed by atoms with Crippen LogP contribution in [0.2, 0.25) is 0 Å². The Morgan fingerprint density at radius 1 is 0.625 bits per heavy atom. The first-order valence-electron chi connectivity index (χ1n) is 11.1. The van der Waals surface area contributed by atoms with E-state index in [4.69, 9.17) is 27.9 Å². The van der Waals surface area contributed by atoms with Gasteiger partial charge in [0.2, 0.25) is 0 Å². The third-order valence-electron chi connectivity index (χ3n) is 4.26. The molecule has 0 atom stereocenters. The molecule has 0 aliphatic rings. The molecule has 0 aliphatic heterocycles. The van der Waals surface area contributed by atoms with Crippen LogP contribution < -0.4 is 0 Å². The summed E-state index contributed by atoms with van der Waals surface area (Å²) in [5, 5.41) is 0. The van der Waals surface area contributed by atoms with E-state index in [1.54, 1.807) is 12.1 Å². The fourth-order valence-electron chi connectivity index (χ4n) is 2.34. The minimum atomic E-state index is -3.75. The van der Waals surface area contributed by atoms with Crippen molar-refractivity contribution in [2.75, 3.05) is 72.7 Å². The summed E-state index contributed by atoms with van der Waals surface area (Å²) < 4.78 is 56.1. The summed E-state index contributed by atoms with van der Waals surface area (Å²) in [4.78, 5) is 0.140. The van der Waals surface area contributed by atoms with Gasteiger partial charge in [-0.3, -0.25) is 4.18 Å². The van der Waals surface area contributed by atoms with E-state index in [2.05, 4.69) is 20.8 Å². The van der Waals surface area contributed by atoms with Gasteiger partial charge < -0.3 is 23.7 Å². The standard InChI is InChI=1S/C23H40O8S/c1-21-5-7-22(8-6-21)32(24,25)31-20-19-30-18-17-29-16-15-28-14-13-27-12-11-26-10-9-23(2,3)4/h5-8H,9-20H2,1-4H3. The van der Waals surface area contributed by atoms with Gasteiger partial charge in [-0.2, -0.15) is 8.42 Å². The van der Waals surface area contributed by atoms with Crippen LogP contribution in [0.5, 0.6) is 0 Å². The van der Waals surface area contributed by atoms with E-state index in [0.717, 1.165) is 18.6 Å². The van der Waals surface area contributed by atoms with Crippen molar-refractivity contribution in [2.24, 2.45) is 5.41 Å². The van der Waals surface area contributed by atoms with Crippen LogP contribution in [-0.4, -0.2) is 81.1 Å². The van der Waals surface area contributed by atoms with Gasteiger partial charge in [0, 0.05) is 6.61 Å². The van der Waals surface area contributed by atoms with Crippen molar-refractivity contribution in [1.82, 2.24) is 0 Å². The Balaban J connectivity index is 1.83. The molecule has 0 spiro atoms. The summed E-state index contributed by atoms with van der Waals surface area (Å²) in [5.74, 6) is 0. The maximum Gasteiger partial charge on any atom is 0.297 e. The first kappa shape index (κ1) is 29.0. The lowest BCUT2D eigenvalue weighted by Gasteiger charge is -2.17. The fourth-order valence-corrected chi connectivity index (χ4v) is 3.23. The highest BCUT2D eigenvalue weighted by Crippen LogP contribution is 2.17. The molecule has 0 bridgehead atoms. The summed E-state index contributed by atoms with van der Waals surface area (Å²) in [7, 11) is -3.75. The molecule has 1 aromatic rings. The van der Waals surface area contributed by atoms with Crippen molar-refractivity contribution in [3.05, 3.63) is 29.8 Å². The molecule has 0 fully saturated rings. The highest BCUT2D eigenvalue weighted by Gasteiger charge is 2.14. The first-order valence-corrected chi connectivity index (χ1v) is 12.5. The Labute approximate surface area is 193 Å². The second-order valence-electron chi connectivity index (χ2n) is 8.46. The minimum Gasteiger partial charge on any atom is -0.379 e. The van der Waals surface area contributed by atoms with Crippen molar-refractivity contribution < 1.29 is 36.3 Å². The Morgan fingerprint density at radius 2 is 1.00 bits per heavy atom. The third-order valence-corrected chi connectivity index (χ3v) is 5.59. The highest BCUT2D eigenvalue weighted by atomic mass is 32.2. The zero-order valence-electron chi connectivity index (χ0n) is 20.0. The van der Waals surface area contributed by atoms with Crippen LogP contribution in [0.3, 0.4) is 0 Å². The van der Waals surface area contributed by atoms with Crippen molar-refractivity contribution in [1.29, 1.82) is 0 Å². The maximum atomic E-state index is 12.0. The summed E-state index contributed by atoms with van der Waals surface area (Å²) in [5.41, 5.74) is 1.28. The number of aryl methyl sites for hydroxylation is 1. The average Bonchev–Trinajstić information content (AvgIpc) is 2.72. The van der Waals surface area contributed by atoms with Gasteiger partial charge in [-0.15, -0.1) is 0 Å². The Kier molecular flexibility index (Phi) is 15.0. The topological polar surface area (TPSA) is 89.5 Å². The van der Waals surface area contributed by atoms with Gasteiger partial charge >= 0.3 is 0 Å². The molecule has 32 heavy (non-hydrogen) atoms. The van der Waals surface area contributed by atoms with Crippen molar-refractivity contribution in [2.45, 2.75) is 39.0 Å². The lowest BCUT2D eigenvalue weighted by Crippen LogP contribution is -2.15. The molecule has 9 heteroatoms. The number of hydrogen-bond acceptors (Lipinski definition) is 8. The van der Waals surface area contributed by atoms with Crippen LogP contribution in [0, 0.1) is 12.3 Å². The van der Waals surface area contributed by atoms with E-state index in [1.165, 1.54) is 12.1 Å². The smallest absolute Gasteiger partial charge is 0.297 e. The Hall–Kier alpha value is -1.07. The van der Waals surface area contributed by atoms with E-state index in [9.17, 15) is 8.42 Å². The first-order chi connectivity index (χ1) is 15.2. The van der Waals surface area contributed by atoms with Gasteiger partial charge in [0.15, 0.2) is 0 Å². The second-order valence-corrected chi connectivity index (χ2v) is 10.1. The average molecular weight is 477 g/mol. The van der Waals surface area contributed by atoms with Crippen LogP contribution in [-0.2, 0) is 38.0 Å². The molecular formula is C23H40O8S. The quantitative estimate of drug-likeness (QED) is 0.222. The maximum absolute atomic E-state index is 12.0. The molecule has 1 aromatic carbocycles. The van der Waals surface area contributed by atoms with Crippen molar-refractivity contribution >= 4 is 10.1 Å². The number of rotatable bonds is 19. The van der Waals surface area contributed by atoms with Gasteiger partial charge in [0.05, 0.1) is 71.0 Å². The third kappa shape index (κ3) is 15.7. The molecule has 0 amide bonds. The molecule has 186 valence electrons. The summed E-state index contributed by atoms with van der Waals surface area (Å²) in [6.07, 6.45) is 1.03. The highest BCUT2D eigenvalue weighted by molar-refractivity contribution is 7.86. The van der Waals surface area contributed by atoms with E-state index in [-0.39, 0.29) is 18.1 Å². The van der Waals surface area contributed by atoms with Gasteiger partial charge in [-0.1, -0.05) is 38.5 Å². The van der Waals surface area contributed by atoms with Gasteiger partial charge in [0.1, 0.15) is 0 Å². The van der Waals surface area contributed by atoms with Crippen LogP contribution in [0.25, 0.3) is 0 Å². The van der Waals surface area contributed by atoms with Gasteiger partial charge in [-0.25, -0.2) is 0 Å². The molecule has 0 aliphatic carbocycles. The monoisotopic (exact) mass is 476 g/mol. The van der Waals surface area contributed by atoms with Crippen LogP contribution in [0.15, 0.2) is 29.2 Å². The number of ether oxygens (including phenoxy) is 5. The van der Waals surface area contributed by atoms with Gasteiger partial charge in [-0.05, 0) is 30.9 Å². The predicted molar refractivity (Wildman–Crippen MR) is 122 cm³/mol. The molecule has 0 radical (unpaired) electrons. The number of benzene rings is 1. The van der Waals surface area contributed by atoms with Crippen LogP contribution >= 0.6 is 0 Å². The fraction of sp³-hybridized carbons (Fsp3) is 0.739. The molecule has 0 aromatic heterocycles. The molecule has 0 saturated heterocycles. The second kappa shape index (κ2) is 16.5. The minimum absolute atomic E-state index is 0.0407. The van der Waals surface area contributed by atoms with Crippen LogP contribution in [0.4, 0.5) is 0 Å². The molecule has 1 rings (SSSR count). The SMILES string of the molecule is Cc1ccc(S(=O)(=O)OCCOCCOCCOCCOCCOCCC(C)(C)C)cc1. The molecule has 0 N–H and O–H groups in total. The van der Waals surface area contributed by atoms with Gasteiger partial charge in [0.25, 0.3) is 10.1 Å². The molecule has 0 unspecified atom stereocenters. The predicted octanol–water partition coefficient (Wildman–Crippen LogP) is 3.22. The molecule has 0 heterocycles. The zero-order valence-corrected chi connectivity index (χ0v) is 20.8. The molecule has 0 saturated carbocycles. The lowest BCUT2D eigenvalue weighted by atomic mass is 9.93. The zero-order chi connectivity index (χ0) is 23.7. The molecular weight excluding hydrogens is 436 g/mol. The largest absolute Gasteiger partial charge is 0.379 e. The van der Waals surface area contributed by atoms with E-state index in [0.29, 0.717) is 58.3 Å². The van der Waals surface area contributed by atoms with Crippen molar-refractivity contribution in [3.63, 3.8) is 0 Å².